The van der Waals surface area contributed by atoms with Gasteiger partial charge in [0.05, 0.1) is 5.60 Å². The summed E-state index contributed by atoms with van der Waals surface area (Å²) in [6, 6.07) is 13.0. The van der Waals surface area contributed by atoms with Crippen LogP contribution < -0.4 is 5.73 Å². The summed E-state index contributed by atoms with van der Waals surface area (Å²) in [6.45, 7) is 0.550. The summed E-state index contributed by atoms with van der Waals surface area (Å²) < 4.78 is 0. The van der Waals surface area contributed by atoms with Gasteiger partial charge in [0.1, 0.15) is 0 Å². The van der Waals surface area contributed by atoms with Gasteiger partial charge < -0.3 is 10.8 Å². The maximum atomic E-state index is 11.1. The number of hydrogen-bond acceptors (Lipinski definition) is 2. The third-order valence-electron chi connectivity index (χ3n) is 5.65. The Kier molecular flexibility index (Phi) is 2.51. The highest BCUT2D eigenvalue weighted by molar-refractivity contribution is 5.85. The SMILES string of the molecule is NCC1(C2(O)CCCC2)Cc2cc3ccccc3cc21. The van der Waals surface area contributed by atoms with Crippen LogP contribution in [0.5, 0.6) is 0 Å². The summed E-state index contributed by atoms with van der Waals surface area (Å²) in [4.78, 5) is 0. The van der Waals surface area contributed by atoms with E-state index in [1.54, 1.807) is 0 Å². The molecule has 0 saturated heterocycles. The minimum atomic E-state index is -0.586. The predicted octanol–water partition coefficient (Wildman–Crippen LogP) is 2.90. The summed E-state index contributed by atoms with van der Waals surface area (Å²) in [5, 5.41) is 13.6. The van der Waals surface area contributed by atoms with E-state index in [1.165, 1.54) is 21.9 Å². The van der Waals surface area contributed by atoms with Gasteiger partial charge in [0.15, 0.2) is 0 Å². The quantitative estimate of drug-likeness (QED) is 0.879. The molecule has 1 saturated carbocycles. The lowest BCUT2D eigenvalue weighted by molar-refractivity contribution is -0.0423. The van der Waals surface area contributed by atoms with E-state index in [9.17, 15) is 5.11 Å². The molecule has 0 amide bonds. The van der Waals surface area contributed by atoms with E-state index >= 15 is 0 Å². The molecule has 20 heavy (non-hydrogen) atoms. The van der Waals surface area contributed by atoms with Gasteiger partial charge in [-0.1, -0.05) is 49.2 Å². The second-order valence-electron chi connectivity index (χ2n) is 6.56. The minimum absolute atomic E-state index is 0.205. The van der Waals surface area contributed by atoms with Crippen LogP contribution in [0.25, 0.3) is 10.8 Å². The summed E-state index contributed by atoms with van der Waals surface area (Å²) in [5.41, 5.74) is 8.01. The highest BCUT2D eigenvalue weighted by Gasteiger charge is 2.57. The van der Waals surface area contributed by atoms with Gasteiger partial charge in [-0.2, -0.15) is 0 Å². The molecule has 3 N–H and O–H groups in total. The number of nitrogens with two attached hydrogens (primary N) is 1. The molecule has 1 unspecified atom stereocenters. The normalized spacial score (nSPS) is 27.3. The van der Waals surface area contributed by atoms with Crippen LogP contribution in [0.15, 0.2) is 36.4 Å². The lowest BCUT2D eigenvalue weighted by atomic mass is 9.54. The van der Waals surface area contributed by atoms with Crippen molar-refractivity contribution in [1.29, 1.82) is 0 Å². The molecule has 2 aliphatic carbocycles. The van der Waals surface area contributed by atoms with Crippen molar-refractivity contribution >= 4 is 10.8 Å². The largest absolute Gasteiger partial charge is 0.389 e. The van der Waals surface area contributed by atoms with Crippen LogP contribution >= 0.6 is 0 Å². The average Bonchev–Trinajstić information content (AvgIpc) is 2.89. The van der Waals surface area contributed by atoms with Gasteiger partial charge in [-0.05, 0) is 41.2 Å². The molecule has 1 fully saturated rings. The fourth-order valence-electron chi connectivity index (χ4n) is 4.42. The van der Waals surface area contributed by atoms with Crippen molar-refractivity contribution in [2.24, 2.45) is 5.73 Å². The van der Waals surface area contributed by atoms with Crippen molar-refractivity contribution < 1.29 is 5.11 Å². The first kappa shape index (κ1) is 12.4. The van der Waals surface area contributed by atoms with Gasteiger partial charge >= 0.3 is 0 Å². The monoisotopic (exact) mass is 267 g/mol. The van der Waals surface area contributed by atoms with E-state index in [-0.39, 0.29) is 5.41 Å². The smallest absolute Gasteiger partial charge is 0.0759 e. The van der Waals surface area contributed by atoms with Crippen molar-refractivity contribution in [3.8, 4) is 0 Å². The van der Waals surface area contributed by atoms with E-state index in [4.69, 9.17) is 5.73 Å². The van der Waals surface area contributed by atoms with Crippen LogP contribution in [0, 0.1) is 0 Å². The van der Waals surface area contributed by atoms with Crippen LogP contribution in [0.3, 0.4) is 0 Å². The summed E-state index contributed by atoms with van der Waals surface area (Å²) in [5.74, 6) is 0. The van der Waals surface area contributed by atoms with Crippen LogP contribution in [-0.2, 0) is 11.8 Å². The van der Waals surface area contributed by atoms with E-state index < -0.39 is 5.60 Å². The number of benzene rings is 2. The molecule has 0 spiro atoms. The van der Waals surface area contributed by atoms with Gasteiger partial charge in [0.25, 0.3) is 0 Å². The van der Waals surface area contributed by atoms with Gasteiger partial charge in [-0.15, -0.1) is 0 Å². The molecule has 4 rings (SSSR count). The second kappa shape index (κ2) is 4.06. The Morgan fingerprint density at radius 2 is 1.70 bits per heavy atom. The number of aliphatic hydroxyl groups is 1. The Morgan fingerprint density at radius 3 is 2.35 bits per heavy atom. The van der Waals surface area contributed by atoms with E-state index in [0.29, 0.717) is 6.54 Å². The molecule has 0 aromatic heterocycles. The molecule has 2 nitrogen and oxygen atoms in total. The molecular formula is C18H21NO. The summed E-state index contributed by atoms with van der Waals surface area (Å²) in [7, 11) is 0. The summed E-state index contributed by atoms with van der Waals surface area (Å²) >= 11 is 0. The highest BCUT2D eigenvalue weighted by Crippen LogP contribution is 2.54. The van der Waals surface area contributed by atoms with Crippen LogP contribution in [0.4, 0.5) is 0 Å². The van der Waals surface area contributed by atoms with E-state index in [2.05, 4.69) is 36.4 Å². The molecular weight excluding hydrogens is 246 g/mol. The number of hydrogen-bond donors (Lipinski definition) is 2. The van der Waals surface area contributed by atoms with Crippen LogP contribution in [0.2, 0.25) is 0 Å². The number of rotatable bonds is 2. The van der Waals surface area contributed by atoms with E-state index in [1.807, 2.05) is 0 Å². The number of fused-ring (bicyclic) bond motifs is 2. The molecule has 0 aliphatic heterocycles. The Bertz CT molecular complexity index is 672. The lowest BCUT2D eigenvalue weighted by Crippen LogP contribution is -2.60. The van der Waals surface area contributed by atoms with Gasteiger partial charge in [0.2, 0.25) is 0 Å². The van der Waals surface area contributed by atoms with Crippen molar-refractivity contribution in [2.45, 2.75) is 43.1 Å². The van der Waals surface area contributed by atoms with Crippen molar-refractivity contribution in [2.75, 3.05) is 6.54 Å². The fraction of sp³-hybridized carbons (Fsp3) is 0.444. The molecule has 0 radical (unpaired) electrons. The summed E-state index contributed by atoms with van der Waals surface area (Å²) in [6.07, 6.45) is 4.98. The molecule has 2 heteroatoms. The first-order chi connectivity index (χ1) is 9.68. The minimum Gasteiger partial charge on any atom is -0.389 e. The molecule has 2 aromatic rings. The molecule has 1 atom stereocenters. The maximum absolute atomic E-state index is 11.1. The highest BCUT2D eigenvalue weighted by atomic mass is 16.3. The van der Waals surface area contributed by atoms with Crippen LogP contribution in [0.1, 0.15) is 36.8 Å². The molecule has 104 valence electrons. The fourth-order valence-corrected chi connectivity index (χ4v) is 4.42. The Hall–Kier alpha value is -1.38. The third kappa shape index (κ3) is 1.41. The average molecular weight is 267 g/mol. The molecule has 2 aliphatic rings. The topological polar surface area (TPSA) is 46.2 Å². The predicted molar refractivity (Wildman–Crippen MR) is 81.8 cm³/mol. The Morgan fingerprint density at radius 1 is 1.05 bits per heavy atom. The zero-order chi connectivity index (χ0) is 13.8. The standard InChI is InChI=1S/C18H21NO/c19-12-17(18(20)7-3-4-8-18)11-15-9-13-5-1-2-6-14(13)10-16(15)17/h1-2,5-6,9-10,20H,3-4,7-8,11-12,19H2. The molecule has 0 bridgehead atoms. The molecule has 0 heterocycles. The zero-order valence-corrected chi connectivity index (χ0v) is 11.7. The van der Waals surface area contributed by atoms with E-state index in [0.717, 1.165) is 32.1 Å². The Labute approximate surface area is 119 Å². The van der Waals surface area contributed by atoms with Gasteiger partial charge in [0, 0.05) is 12.0 Å². The van der Waals surface area contributed by atoms with Crippen molar-refractivity contribution in [3.05, 3.63) is 47.5 Å². The zero-order valence-electron chi connectivity index (χ0n) is 11.7. The maximum Gasteiger partial charge on any atom is 0.0759 e. The molecule has 2 aromatic carbocycles. The van der Waals surface area contributed by atoms with Crippen molar-refractivity contribution in [3.63, 3.8) is 0 Å². The van der Waals surface area contributed by atoms with Crippen molar-refractivity contribution in [1.82, 2.24) is 0 Å². The first-order valence-corrected chi connectivity index (χ1v) is 7.63. The third-order valence-corrected chi connectivity index (χ3v) is 5.65. The first-order valence-electron chi connectivity index (χ1n) is 7.63. The van der Waals surface area contributed by atoms with Crippen LogP contribution in [-0.4, -0.2) is 17.3 Å². The lowest BCUT2D eigenvalue weighted by Gasteiger charge is -2.53. The Balaban J connectivity index is 1.88. The second-order valence-corrected chi connectivity index (χ2v) is 6.56. The van der Waals surface area contributed by atoms with Gasteiger partial charge in [-0.3, -0.25) is 0 Å². The van der Waals surface area contributed by atoms with Gasteiger partial charge in [-0.25, -0.2) is 0 Å².